The largest absolute Gasteiger partial charge is 0.326 e. The zero-order valence-corrected chi connectivity index (χ0v) is 13.1. The first-order valence-electron chi connectivity index (χ1n) is 6.13. The van der Waals surface area contributed by atoms with E-state index < -0.39 is 15.6 Å². The quantitative estimate of drug-likeness (QED) is 0.909. The monoisotopic (exact) mass is 342 g/mol. The summed E-state index contributed by atoms with van der Waals surface area (Å²) in [6.07, 6.45) is 1.17. The molecule has 0 saturated carbocycles. The number of hydrogen-bond acceptors (Lipinski definition) is 4. The second kappa shape index (κ2) is 5.40. The van der Waals surface area contributed by atoms with Crippen molar-refractivity contribution >= 4 is 39.1 Å². The second-order valence-corrected chi connectivity index (χ2v) is 7.81. The van der Waals surface area contributed by atoms with Crippen LogP contribution in [0.1, 0.15) is 0 Å². The second-order valence-electron chi connectivity index (χ2n) is 4.41. The zero-order chi connectivity index (χ0) is 15.0. The Bertz CT molecular complexity index is 848. The van der Waals surface area contributed by atoms with E-state index in [2.05, 4.69) is 4.98 Å². The average molecular weight is 343 g/mol. The van der Waals surface area contributed by atoms with Crippen LogP contribution in [0.5, 0.6) is 0 Å². The van der Waals surface area contributed by atoms with Gasteiger partial charge in [-0.05, 0) is 18.2 Å². The van der Waals surface area contributed by atoms with Crippen molar-refractivity contribution in [3.63, 3.8) is 0 Å². The molecule has 8 heteroatoms. The smallest absolute Gasteiger partial charge is 0.266 e. The highest BCUT2D eigenvalue weighted by molar-refractivity contribution is 8.00. The Kier molecular flexibility index (Phi) is 3.73. The highest BCUT2D eigenvalue weighted by atomic mass is 35.5. The van der Waals surface area contributed by atoms with Crippen LogP contribution in [0.15, 0.2) is 51.1 Å². The van der Waals surface area contributed by atoms with Crippen molar-refractivity contribution in [2.75, 3.05) is 16.6 Å². The Hall–Kier alpha value is -1.44. The van der Waals surface area contributed by atoms with Crippen molar-refractivity contribution in [1.29, 1.82) is 0 Å². The number of rotatable bonds is 2. The number of para-hydroxylation sites is 1. The molecule has 0 bridgehead atoms. The summed E-state index contributed by atoms with van der Waals surface area (Å²) in [6.45, 7) is 0.376. The van der Waals surface area contributed by atoms with Crippen molar-refractivity contribution < 1.29 is 8.42 Å². The molecule has 21 heavy (non-hydrogen) atoms. The van der Waals surface area contributed by atoms with Gasteiger partial charge in [0.2, 0.25) is 0 Å². The van der Waals surface area contributed by atoms with Gasteiger partial charge in [0, 0.05) is 23.4 Å². The fourth-order valence-electron chi connectivity index (χ4n) is 2.11. The summed E-state index contributed by atoms with van der Waals surface area (Å²) in [5, 5.41) is -0.143. The van der Waals surface area contributed by atoms with Gasteiger partial charge in [0.05, 0.1) is 5.69 Å². The molecule has 110 valence electrons. The number of nitrogens with zero attached hydrogens (tertiary/aromatic N) is 1. The maximum absolute atomic E-state index is 12.7. The van der Waals surface area contributed by atoms with Crippen LogP contribution in [0, 0.1) is 0 Å². The number of aromatic amines is 1. The standard InChI is InChI=1S/C13H11ClN2O3S2/c14-10-7-9(8-15-13(10)17)21(18,19)16-5-6-20-12-4-2-1-3-11(12)16/h1-4,7-8H,5-6H2,(H,15,17). The summed E-state index contributed by atoms with van der Waals surface area (Å²) in [5.41, 5.74) is 0.140. The summed E-state index contributed by atoms with van der Waals surface area (Å²) >= 11 is 7.35. The molecular weight excluding hydrogens is 332 g/mol. The van der Waals surface area contributed by atoms with E-state index in [-0.39, 0.29) is 9.92 Å². The predicted octanol–water partition coefficient (Wildman–Crippen LogP) is 2.33. The maximum atomic E-state index is 12.7. The first kappa shape index (κ1) is 14.5. The van der Waals surface area contributed by atoms with Crippen LogP contribution in [-0.2, 0) is 10.0 Å². The van der Waals surface area contributed by atoms with Gasteiger partial charge in [-0.15, -0.1) is 11.8 Å². The third-order valence-corrected chi connectivity index (χ3v) is 6.22. The molecule has 3 rings (SSSR count). The topological polar surface area (TPSA) is 70.2 Å². The third kappa shape index (κ3) is 2.56. The summed E-state index contributed by atoms with van der Waals surface area (Å²) in [4.78, 5) is 14.5. The van der Waals surface area contributed by atoms with Crippen LogP contribution in [0.25, 0.3) is 0 Å². The minimum Gasteiger partial charge on any atom is -0.326 e. The van der Waals surface area contributed by atoms with Gasteiger partial charge in [0.25, 0.3) is 15.6 Å². The van der Waals surface area contributed by atoms with Crippen molar-refractivity contribution in [1.82, 2.24) is 4.98 Å². The first-order chi connectivity index (χ1) is 10.00. The molecule has 1 aromatic heterocycles. The van der Waals surface area contributed by atoms with Gasteiger partial charge in [-0.3, -0.25) is 9.10 Å². The van der Waals surface area contributed by atoms with Gasteiger partial charge in [0.1, 0.15) is 9.92 Å². The molecule has 1 aliphatic heterocycles. The Balaban J connectivity index is 2.11. The Morgan fingerprint density at radius 2 is 2.05 bits per heavy atom. The molecular formula is C13H11ClN2O3S2. The highest BCUT2D eigenvalue weighted by Gasteiger charge is 2.29. The fraction of sp³-hybridized carbons (Fsp3) is 0.154. The number of sulfonamides is 1. The van der Waals surface area contributed by atoms with Crippen molar-refractivity contribution in [3.8, 4) is 0 Å². The molecule has 0 aliphatic carbocycles. The number of nitrogens with one attached hydrogen (secondary N) is 1. The van der Waals surface area contributed by atoms with E-state index in [1.165, 1.54) is 16.6 Å². The van der Waals surface area contributed by atoms with Crippen molar-refractivity contribution in [3.05, 3.63) is 51.9 Å². The molecule has 0 fully saturated rings. The van der Waals surface area contributed by atoms with Crippen LogP contribution >= 0.6 is 23.4 Å². The van der Waals surface area contributed by atoms with E-state index in [0.717, 1.165) is 4.90 Å². The Morgan fingerprint density at radius 1 is 1.29 bits per heavy atom. The lowest BCUT2D eigenvalue weighted by Crippen LogP contribution is -2.35. The van der Waals surface area contributed by atoms with Crippen LogP contribution < -0.4 is 9.86 Å². The number of thioether (sulfide) groups is 1. The van der Waals surface area contributed by atoms with E-state index >= 15 is 0 Å². The number of aromatic nitrogens is 1. The molecule has 1 aliphatic rings. The Labute approximate surface area is 131 Å². The summed E-state index contributed by atoms with van der Waals surface area (Å²) in [5.74, 6) is 0.674. The average Bonchev–Trinajstić information content (AvgIpc) is 2.49. The van der Waals surface area contributed by atoms with Gasteiger partial charge in [0.15, 0.2) is 0 Å². The Morgan fingerprint density at radius 3 is 2.81 bits per heavy atom. The van der Waals surface area contributed by atoms with E-state index in [1.807, 2.05) is 12.1 Å². The van der Waals surface area contributed by atoms with Crippen LogP contribution in [0.4, 0.5) is 5.69 Å². The molecule has 0 spiro atoms. The molecule has 0 unspecified atom stereocenters. The summed E-state index contributed by atoms with van der Waals surface area (Å²) in [7, 11) is -3.75. The van der Waals surface area contributed by atoms with E-state index in [4.69, 9.17) is 11.6 Å². The molecule has 5 nitrogen and oxygen atoms in total. The van der Waals surface area contributed by atoms with Gasteiger partial charge < -0.3 is 4.98 Å². The van der Waals surface area contributed by atoms with E-state index in [0.29, 0.717) is 18.0 Å². The van der Waals surface area contributed by atoms with Gasteiger partial charge in [-0.1, -0.05) is 23.7 Å². The number of benzene rings is 1. The third-order valence-electron chi connectivity index (χ3n) is 3.11. The van der Waals surface area contributed by atoms with Crippen LogP contribution in [-0.4, -0.2) is 25.7 Å². The first-order valence-corrected chi connectivity index (χ1v) is 8.93. The lowest BCUT2D eigenvalue weighted by atomic mass is 10.3. The molecule has 0 saturated heterocycles. The normalized spacial score (nSPS) is 14.8. The molecule has 0 atom stereocenters. The number of hydrogen-bond donors (Lipinski definition) is 1. The van der Waals surface area contributed by atoms with E-state index in [9.17, 15) is 13.2 Å². The minimum atomic E-state index is -3.75. The van der Waals surface area contributed by atoms with Crippen LogP contribution in [0.3, 0.4) is 0 Å². The van der Waals surface area contributed by atoms with E-state index in [1.54, 1.807) is 23.9 Å². The fourth-order valence-corrected chi connectivity index (χ4v) is 4.99. The number of fused-ring (bicyclic) bond motifs is 1. The van der Waals surface area contributed by atoms with Gasteiger partial charge in [-0.25, -0.2) is 8.42 Å². The SMILES string of the molecule is O=c1[nH]cc(S(=O)(=O)N2CCSc3ccccc32)cc1Cl. The van der Waals surface area contributed by atoms with Crippen molar-refractivity contribution in [2.24, 2.45) is 0 Å². The van der Waals surface area contributed by atoms with Gasteiger partial charge >= 0.3 is 0 Å². The molecule has 1 N–H and O–H groups in total. The highest BCUT2D eigenvalue weighted by Crippen LogP contribution is 2.37. The minimum absolute atomic E-state index is 0.0196. The maximum Gasteiger partial charge on any atom is 0.266 e. The van der Waals surface area contributed by atoms with Gasteiger partial charge in [-0.2, -0.15) is 0 Å². The summed E-state index contributed by atoms with van der Waals surface area (Å²) in [6, 6.07) is 8.51. The number of anilines is 1. The lowest BCUT2D eigenvalue weighted by molar-refractivity contribution is 0.591. The lowest BCUT2D eigenvalue weighted by Gasteiger charge is -2.29. The predicted molar refractivity (Wildman–Crippen MR) is 83.8 cm³/mol. The molecule has 1 aromatic carbocycles. The number of pyridine rings is 1. The molecule has 0 radical (unpaired) electrons. The molecule has 0 amide bonds. The molecule has 2 heterocycles. The zero-order valence-electron chi connectivity index (χ0n) is 10.7. The number of halogens is 1. The summed E-state index contributed by atoms with van der Waals surface area (Å²) < 4.78 is 26.8. The molecule has 2 aromatic rings. The number of H-pyrrole nitrogens is 1. The van der Waals surface area contributed by atoms with Crippen LogP contribution in [0.2, 0.25) is 5.02 Å². The van der Waals surface area contributed by atoms with Crippen molar-refractivity contribution in [2.45, 2.75) is 9.79 Å².